The van der Waals surface area contributed by atoms with Crippen LogP contribution in [0.3, 0.4) is 0 Å². The minimum atomic E-state index is -1.25. The fourth-order valence-electron chi connectivity index (χ4n) is 7.69. The van der Waals surface area contributed by atoms with Crippen molar-refractivity contribution in [2.75, 3.05) is 6.54 Å². The largest absolute Gasteiger partial charge is 0.481 e. The third kappa shape index (κ3) is 39.8. The molecule has 0 bridgehead atoms. The highest BCUT2D eigenvalue weighted by molar-refractivity contribution is 5.88. The normalized spacial score (nSPS) is 12.4. The van der Waals surface area contributed by atoms with Crippen LogP contribution in [0.1, 0.15) is 232 Å². The van der Waals surface area contributed by atoms with Crippen LogP contribution in [0.2, 0.25) is 0 Å². The first kappa shape index (κ1) is 61.4. The van der Waals surface area contributed by atoms with Crippen LogP contribution in [0, 0.1) is 0 Å². The van der Waals surface area contributed by atoms with E-state index in [1.165, 1.54) is 6.92 Å². The van der Waals surface area contributed by atoms with Gasteiger partial charge in [-0.3, -0.25) is 33.6 Å². The number of ketones is 1. The Kier molecular flexibility index (Phi) is 38.9. The zero-order valence-corrected chi connectivity index (χ0v) is 40.2. The molecule has 3 atom stereocenters. The molecule has 0 saturated heterocycles. The summed E-state index contributed by atoms with van der Waals surface area (Å²) in [6.45, 7) is 1.60. The van der Waals surface area contributed by atoms with Crippen molar-refractivity contribution in [1.82, 2.24) is 21.3 Å². The maximum atomic E-state index is 12.7. The lowest BCUT2D eigenvalue weighted by molar-refractivity contribution is -0.142. The summed E-state index contributed by atoms with van der Waals surface area (Å²) >= 11 is 0. The second-order valence-corrected chi connectivity index (χ2v) is 17.8. The van der Waals surface area contributed by atoms with Gasteiger partial charge in [0.1, 0.15) is 12.1 Å². The molecule has 380 valence electrons. The topological polar surface area (TPSA) is 283 Å². The molecule has 0 fully saturated rings. The molecule has 66 heavy (non-hydrogen) atoms. The number of carbonyl (C=O) groups excluding carboxylic acids is 5. The maximum absolute atomic E-state index is 12.7. The number of carboxylic acids is 4. The van der Waals surface area contributed by atoms with Crippen molar-refractivity contribution in [3.8, 4) is 0 Å². The number of rotatable bonds is 47. The summed E-state index contributed by atoms with van der Waals surface area (Å²) in [7, 11) is 0. The third-order valence-corrected chi connectivity index (χ3v) is 11.7. The summed E-state index contributed by atoms with van der Waals surface area (Å²) in [5.41, 5.74) is 0. The van der Waals surface area contributed by atoms with Crippen LogP contribution in [0.4, 0.5) is 0 Å². The summed E-state index contributed by atoms with van der Waals surface area (Å²) < 4.78 is 0. The Bertz CT molecular complexity index is 1410. The van der Waals surface area contributed by atoms with E-state index in [4.69, 9.17) is 10.2 Å². The van der Waals surface area contributed by atoms with E-state index in [0.717, 1.165) is 141 Å². The van der Waals surface area contributed by atoms with Gasteiger partial charge in [-0.05, 0) is 64.7 Å². The number of aliphatic carboxylic acids is 4. The highest BCUT2D eigenvalue weighted by Gasteiger charge is 2.24. The van der Waals surface area contributed by atoms with Crippen molar-refractivity contribution in [1.29, 1.82) is 0 Å². The van der Waals surface area contributed by atoms with Crippen molar-refractivity contribution >= 4 is 53.3 Å². The smallest absolute Gasteiger partial charge is 0.326 e. The van der Waals surface area contributed by atoms with Crippen molar-refractivity contribution in [2.45, 2.75) is 250 Å². The number of Topliss-reactive ketones (excluding diaryl/α,β-unsaturated/α-hetero) is 1. The average Bonchev–Trinajstić information content (AvgIpc) is 3.25. The van der Waals surface area contributed by atoms with Gasteiger partial charge in [0.25, 0.3) is 0 Å². The van der Waals surface area contributed by atoms with Crippen LogP contribution in [-0.4, -0.2) is 98.4 Å². The predicted molar refractivity (Wildman–Crippen MR) is 252 cm³/mol. The quantitative estimate of drug-likeness (QED) is 0.0268. The molecule has 8 N–H and O–H groups in total. The Morgan fingerprint density at radius 1 is 0.318 bits per heavy atom. The van der Waals surface area contributed by atoms with E-state index in [1.807, 2.05) is 0 Å². The zero-order valence-electron chi connectivity index (χ0n) is 40.2. The lowest BCUT2D eigenvalue weighted by Gasteiger charge is -2.18. The van der Waals surface area contributed by atoms with Gasteiger partial charge in [-0.1, -0.05) is 128 Å². The number of hydrogen-bond donors (Lipinski definition) is 8. The molecule has 17 nitrogen and oxygen atoms in total. The highest BCUT2D eigenvalue weighted by atomic mass is 16.4. The number of carboxylic acid groups (broad SMARTS) is 4. The van der Waals surface area contributed by atoms with E-state index in [1.54, 1.807) is 0 Å². The fourth-order valence-corrected chi connectivity index (χ4v) is 7.69. The second-order valence-electron chi connectivity index (χ2n) is 17.8. The van der Waals surface area contributed by atoms with Crippen LogP contribution in [-0.2, 0) is 43.2 Å². The third-order valence-electron chi connectivity index (χ3n) is 11.7. The first-order chi connectivity index (χ1) is 31.6. The van der Waals surface area contributed by atoms with E-state index < -0.39 is 47.9 Å². The number of unbranched alkanes of at least 4 members (excludes halogenated alkanes) is 23. The Balaban J connectivity index is 4.17. The van der Waals surface area contributed by atoms with Crippen LogP contribution in [0.5, 0.6) is 0 Å². The molecule has 0 aromatic heterocycles. The van der Waals surface area contributed by atoms with Gasteiger partial charge < -0.3 is 41.7 Å². The van der Waals surface area contributed by atoms with Crippen LogP contribution >= 0.6 is 0 Å². The van der Waals surface area contributed by atoms with Gasteiger partial charge >= 0.3 is 23.9 Å². The van der Waals surface area contributed by atoms with Crippen molar-refractivity contribution < 1.29 is 63.6 Å². The molecule has 0 aromatic rings. The van der Waals surface area contributed by atoms with E-state index in [0.29, 0.717) is 32.1 Å². The summed E-state index contributed by atoms with van der Waals surface area (Å²) in [5, 5.41) is 46.9. The molecule has 0 spiro atoms. The molecule has 0 aromatic carbocycles. The molecule has 0 radical (unpaired) electrons. The SMILES string of the molecule is CC(=O)[C@H](CCCCNC(=O)CC[C@H](NC(=O)CCCCCCCCCCCCCCC(=O)O)C(=O)O)NC(=O)CC[C@H](NC(=O)CCCCCCCCCCCCCCC(=O)O)C(=O)O. The lowest BCUT2D eigenvalue weighted by Crippen LogP contribution is -2.43. The molecule has 4 amide bonds. The van der Waals surface area contributed by atoms with Gasteiger partial charge in [0, 0.05) is 45.1 Å². The summed E-state index contributed by atoms with van der Waals surface area (Å²) in [6, 6.07) is -3.23. The van der Waals surface area contributed by atoms with E-state index in [9.17, 15) is 53.4 Å². The number of amides is 4. The molecule has 0 unspecified atom stereocenters. The van der Waals surface area contributed by atoms with Gasteiger partial charge in [-0.2, -0.15) is 0 Å². The lowest BCUT2D eigenvalue weighted by atomic mass is 10.0. The van der Waals surface area contributed by atoms with Crippen LogP contribution in [0.15, 0.2) is 0 Å². The van der Waals surface area contributed by atoms with Gasteiger partial charge in [-0.25, -0.2) is 9.59 Å². The van der Waals surface area contributed by atoms with Crippen molar-refractivity contribution in [2.24, 2.45) is 0 Å². The Morgan fingerprint density at radius 2 is 0.606 bits per heavy atom. The first-order valence-electron chi connectivity index (χ1n) is 25.2. The number of hydrogen-bond acceptors (Lipinski definition) is 9. The molecular weight excluding hydrogens is 853 g/mol. The minimum Gasteiger partial charge on any atom is -0.481 e. The molecule has 0 heterocycles. The van der Waals surface area contributed by atoms with Gasteiger partial charge in [-0.15, -0.1) is 0 Å². The van der Waals surface area contributed by atoms with Gasteiger partial charge in [0.05, 0.1) is 6.04 Å². The van der Waals surface area contributed by atoms with Crippen molar-refractivity contribution in [3.63, 3.8) is 0 Å². The molecule has 0 aliphatic heterocycles. The fraction of sp³-hybridized carbons (Fsp3) is 0.816. The monoisotopic (exact) mass is 939 g/mol. The van der Waals surface area contributed by atoms with Crippen LogP contribution < -0.4 is 21.3 Å². The summed E-state index contributed by atoms with van der Waals surface area (Å²) in [5.74, 6) is -5.86. The molecular formula is C49H86N4O13. The molecule has 0 rings (SSSR count). The van der Waals surface area contributed by atoms with Crippen molar-refractivity contribution in [3.05, 3.63) is 0 Å². The minimum absolute atomic E-state index is 0.0654. The molecule has 0 aliphatic rings. The predicted octanol–water partition coefficient (Wildman–Crippen LogP) is 8.14. The zero-order chi connectivity index (χ0) is 49.2. The average molecular weight is 939 g/mol. The Labute approximate surface area is 393 Å². The van der Waals surface area contributed by atoms with Gasteiger partial charge in [0.15, 0.2) is 5.78 Å². The van der Waals surface area contributed by atoms with E-state index in [2.05, 4.69) is 21.3 Å². The van der Waals surface area contributed by atoms with E-state index >= 15 is 0 Å². The first-order valence-corrected chi connectivity index (χ1v) is 25.2. The molecule has 0 aliphatic carbocycles. The summed E-state index contributed by atoms with van der Waals surface area (Å²) in [6.07, 6.45) is 25.8. The highest BCUT2D eigenvalue weighted by Crippen LogP contribution is 2.15. The van der Waals surface area contributed by atoms with Crippen LogP contribution in [0.25, 0.3) is 0 Å². The standard InChI is InChI=1S/C49H86N4O13/c1-38(54)39(51-45(58)36-34-41(49(65)66)53-44(57)30-23-19-15-11-7-3-5-9-13-17-21-25-32-47(61)62)28-26-27-37-50-42(55)35-33-40(48(63)64)52-43(56)29-22-18-14-10-6-2-4-8-12-16-20-24-31-46(59)60/h39-41H,2-37H2,1H3,(H,50,55)(H,51,58)(H,52,56)(H,53,57)(H,59,60)(H,61,62)(H,63,64)(H,65,66)/t39-,40-,41-/m0/s1. The molecule has 0 saturated carbocycles. The number of carbonyl (C=O) groups is 9. The second kappa shape index (κ2) is 41.8. The molecule has 17 heteroatoms. The Morgan fingerprint density at radius 3 is 0.924 bits per heavy atom. The van der Waals surface area contributed by atoms with Gasteiger partial charge in [0.2, 0.25) is 23.6 Å². The van der Waals surface area contributed by atoms with E-state index in [-0.39, 0.29) is 81.4 Å². The number of nitrogens with one attached hydrogen (secondary N) is 4. The Hall–Kier alpha value is -4.57. The maximum Gasteiger partial charge on any atom is 0.326 e. The summed E-state index contributed by atoms with van der Waals surface area (Å²) in [4.78, 5) is 107.